The van der Waals surface area contributed by atoms with Crippen molar-refractivity contribution in [1.82, 2.24) is 4.98 Å². The fraction of sp³-hybridized carbons (Fsp3) is 0.250. The second-order valence-corrected chi connectivity index (χ2v) is 4.88. The van der Waals surface area contributed by atoms with Crippen molar-refractivity contribution in [3.63, 3.8) is 0 Å². The van der Waals surface area contributed by atoms with Crippen molar-refractivity contribution < 1.29 is 9.15 Å². The minimum atomic E-state index is 0.417. The zero-order chi connectivity index (χ0) is 12.1. The van der Waals surface area contributed by atoms with Crippen LogP contribution in [0.5, 0.6) is 5.75 Å². The van der Waals surface area contributed by atoms with E-state index in [9.17, 15) is 0 Å². The van der Waals surface area contributed by atoms with Gasteiger partial charge < -0.3 is 14.1 Å². The Balaban J connectivity index is 1.75. The standard InChI is InChI=1S/C12H13NO2S2/c1-9-3-2-4-10(5-9)14-8-17-7-11-6-13-12(16)15-11/h2-6H,7-8H2,1H3,(H,13,16). The van der Waals surface area contributed by atoms with E-state index >= 15 is 0 Å². The molecule has 0 saturated heterocycles. The summed E-state index contributed by atoms with van der Waals surface area (Å²) >= 11 is 6.48. The number of thioether (sulfide) groups is 1. The zero-order valence-electron chi connectivity index (χ0n) is 9.43. The van der Waals surface area contributed by atoms with E-state index in [1.54, 1.807) is 18.0 Å². The first-order valence-electron chi connectivity index (χ1n) is 5.18. The van der Waals surface area contributed by atoms with Gasteiger partial charge in [-0.15, -0.1) is 11.8 Å². The molecule has 0 fully saturated rings. The van der Waals surface area contributed by atoms with Gasteiger partial charge in [-0.3, -0.25) is 0 Å². The van der Waals surface area contributed by atoms with E-state index in [0.717, 1.165) is 17.3 Å². The van der Waals surface area contributed by atoms with E-state index in [1.165, 1.54) is 5.56 Å². The van der Waals surface area contributed by atoms with Crippen LogP contribution in [-0.2, 0) is 5.75 Å². The van der Waals surface area contributed by atoms with Crippen LogP contribution in [0.15, 0.2) is 34.9 Å². The Hall–Kier alpha value is -1.20. The molecule has 2 aromatic rings. The zero-order valence-corrected chi connectivity index (χ0v) is 11.1. The lowest BCUT2D eigenvalue weighted by atomic mass is 10.2. The summed E-state index contributed by atoms with van der Waals surface area (Å²) in [5.74, 6) is 3.08. The van der Waals surface area contributed by atoms with Crippen LogP contribution < -0.4 is 4.74 Å². The highest BCUT2D eigenvalue weighted by Gasteiger charge is 1.98. The number of hydrogen-bond donors (Lipinski definition) is 1. The quantitative estimate of drug-likeness (QED) is 0.506. The van der Waals surface area contributed by atoms with Gasteiger partial charge >= 0.3 is 0 Å². The molecule has 17 heavy (non-hydrogen) atoms. The van der Waals surface area contributed by atoms with E-state index in [-0.39, 0.29) is 0 Å². The second kappa shape index (κ2) is 5.93. The van der Waals surface area contributed by atoms with Crippen molar-refractivity contribution in [3.8, 4) is 5.75 Å². The smallest absolute Gasteiger partial charge is 0.266 e. The molecular formula is C12H13NO2S2. The van der Waals surface area contributed by atoms with E-state index in [1.807, 2.05) is 31.2 Å². The molecular weight excluding hydrogens is 254 g/mol. The molecule has 1 N–H and O–H groups in total. The summed E-state index contributed by atoms with van der Waals surface area (Å²) in [6.45, 7) is 2.05. The Morgan fingerprint density at radius 1 is 1.47 bits per heavy atom. The van der Waals surface area contributed by atoms with E-state index in [0.29, 0.717) is 10.8 Å². The van der Waals surface area contributed by atoms with Crippen molar-refractivity contribution in [2.75, 3.05) is 5.94 Å². The highest BCUT2D eigenvalue weighted by Crippen LogP contribution is 2.16. The first kappa shape index (κ1) is 12.3. The van der Waals surface area contributed by atoms with Crippen molar-refractivity contribution in [2.45, 2.75) is 12.7 Å². The average Bonchev–Trinajstić information content (AvgIpc) is 2.71. The Morgan fingerprint density at radius 2 is 2.35 bits per heavy atom. The highest BCUT2D eigenvalue weighted by atomic mass is 32.2. The van der Waals surface area contributed by atoms with Crippen LogP contribution in [0, 0.1) is 11.8 Å². The minimum absolute atomic E-state index is 0.417. The van der Waals surface area contributed by atoms with Gasteiger partial charge in [0.2, 0.25) is 0 Å². The Kier molecular flexibility index (Phi) is 4.28. The molecule has 1 aromatic heterocycles. The van der Waals surface area contributed by atoms with Gasteiger partial charge in [-0.1, -0.05) is 12.1 Å². The van der Waals surface area contributed by atoms with Gasteiger partial charge in [0.1, 0.15) is 17.4 Å². The molecule has 0 radical (unpaired) electrons. The lowest BCUT2D eigenvalue weighted by molar-refractivity contribution is 0.392. The Bertz CT molecular complexity index is 533. The van der Waals surface area contributed by atoms with Crippen molar-refractivity contribution in [3.05, 3.63) is 46.6 Å². The van der Waals surface area contributed by atoms with Gasteiger partial charge in [-0.05, 0) is 36.8 Å². The minimum Gasteiger partial charge on any atom is -0.483 e. The predicted molar refractivity (Wildman–Crippen MR) is 71.9 cm³/mol. The number of benzene rings is 1. The molecule has 0 unspecified atom stereocenters. The summed E-state index contributed by atoms with van der Waals surface area (Å²) < 4.78 is 10.8. The monoisotopic (exact) mass is 267 g/mol. The third kappa shape index (κ3) is 3.94. The predicted octanol–water partition coefficient (Wildman–Crippen LogP) is 3.92. The molecule has 0 aliphatic carbocycles. The van der Waals surface area contributed by atoms with Gasteiger partial charge in [0, 0.05) is 6.20 Å². The van der Waals surface area contributed by atoms with E-state index in [2.05, 4.69) is 4.98 Å². The van der Waals surface area contributed by atoms with Crippen LogP contribution in [0.1, 0.15) is 11.3 Å². The summed E-state index contributed by atoms with van der Waals surface area (Å²) in [5, 5.41) is 0. The summed E-state index contributed by atoms with van der Waals surface area (Å²) in [5.41, 5.74) is 1.20. The first-order valence-corrected chi connectivity index (χ1v) is 6.75. The summed E-state index contributed by atoms with van der Waals surface area (Å²) in [6, 6.07) is 8.00. The first-order chi connectivity index (χ1) is 8.24. The fourth-order valence-corrected chi connectivity index (χ4v) is 2.16. The van der Waals surface area contributed by atoms with Gasteiger partial charge in [0.15, 0.2) is 0 Å². The van der Waals surface area contributed by atoms with Crippen LogP contribution in [0.25, 0.3) is 0 Å². The second-order valence-electron chi connectivity index (χ2n) is 3.57. The van der Waals surface area contributed by atoms with Crippen molar-refractivity contribution in [1.29, 1.82) is 0 Å². The number of aromatic amines is 1. The third-order valence-electron chi connectivity index (χ3n) is 2.12. The van der Waals surface area contributed by atoms with Gasteiger partial charge in [0.25, 0.3) is 4.84 Å². The molecule has 0 aliphatic heterocycles. The molecule has 1 heterocycles. The molecule has 0 bridgehead atoms. The van der Waals surface area contributed by atoms with E-state index < -0.39 is 0 Å². The molecule has 0 saturated carbocycles. The number of rotatable bonds is 5. The van der Waals surface area contributed by atoms with Crippen molar-refractivity contribution >= 4 is 24.0 Å². The molecule has 3 nitrogen and oxygen atoms in total. The van der Waals surface area contributed by atoms with E-state index in [4.69, 9.17) is 21.4 Å². The maximum atomic E-state index is 5.60. The summed E-state index contributed by atoms with van der Waals surface area (Å²) in [4.78, 5) is 3.25. The number of H-pyrrole nitrogens is 1. The molecule has 0 spiro atoms. The molecule has 0 amide bonds. The van der Waals surface area contributed by atoms with Crippen molar-refractivity contribution in [2.24, 2.45) is 0 Å². The Morgan fingerprint density at radius 3 is 3.06 bits per heavy atom. The number of nitrogens with one attached hydrogen (secondary N) is 1. The molecule has 90 valence electrons. The van der Waals surface area contributed by atoms with Crippen LogP contribution in [0.4, 0.5) is 0 Å². The lowest BCUT2D eigenvalue weighted by Crippen LogP contribution is -1.93. The summed E-state index contributed by atoms with van der Waals surface area (Å²) in [6.07, 6.45) is 1.78. The highest BCUT2D eigenvalue weighted by molar-refractivity contribution is 7.98. The molecule has 5 heteroatoms. The largest absolute Gasteiger partial charge is 0.483 e. The van der Waals surface area contributed by atoms with Crippen LogP contribution in [0.2, 0.25) is 0 Å². The van der Waals surface area contributed by atoms with Gasteiger partial charge in [0.05, 0.1) is 5.75 Å². The number of aryl methyl sites for hydroxylation is 1. The average molecular weight is 267 g/mol. The summed E-state index contributed by atoms with van der Waals surface area (Å²) in [7, 11) is 0. The van der Waals surface area contributed by atoms with Gasteiger partial charge in [-0.25, -0.2) is 0 Å². The topological polar surface area (TPSA) is 38.2 Å². The maximum Gasteiger partial charge on any atom is 0.266 e. The number of ether oxygens (including phenoxy) is 1. The molecule has 0 atom stereocenters. The number of oxazole rings is 1. The third-order valence-corrected chi connectivity index (χ3v) is 3.09. The number of aromatic nitrogens is 1. The van der Waals surface area contributed by atoms with Crippen LogP contribution >= 0.6 is 24.0 Å². The van der Waals surface area contributed by atoms with Gasteiger partial charge in [-0.2, -0.15) is 0 Å². The lowest BCUT2D eigenvalue weighted by Gasteiger charge is -2.05. The SMILES string of the molecule is Cc1cccc(OCSCc2c[nH]c(=S)o2)c1. The fourth-order valence-electron chi connectivity index (χ4n) is 1.35. The number of hydrogen-bond acceptors (Lipinski definition) is 4. The Labute approximate surface area is 109 Å². The molecule has 0 aliphatic rings. The van der Waals surface area contributed by atoms with Crippen LogP contribution in [-0.4, -0.2) is 10.9 Å². The molecule has 2 rings (SSSR count). The molecule has 1 aromatic carbocycles. The van der Waals surface area contributed by atoms with Crippen LogP contribution in [0.3, 0.4) is 0 Å². The normalized spacial score (nSPS) is 10.4. The maximum absolute atomic E-state index is 5.60.